The van der Waals surface area contributed by atoms with E-state index in [9.17, 15) is 43.2 Å². The van der Waals surface area contributed by atoms with Crippen LogP contribution in [0.5, 0.6) is 0 Å². The van der Waals surface area contributed by atoms with Crippen LogP contribution < -0.4 is 0 Å². The van der Waals surface area contributed by atoms with Gasteiger partial charge in [-0.05, 0) is 37.5 Å². The van der Waals surface area contributed by atoms with Crippen LogP contribution >= 0.6 is 15.6 Å². The van der Waals surface area contributed by atoms with Gasteiger partial charge in [-0.15, -0.1) is 0 Å². The van der Waals surface area contributed by atoms with Gasteiger partial charge in [-0.25, -0.2) is 9.13 Å². The molecule has 0 saturated heterocycles. The maximum Gasteiger partial charge on any atom is 0.472 e. The molecule has 0 aliphatic heterocycles. The van der Waals surface area contributed by atoms with Crippen molar-refractivity contribution in [2.75, 3.05) is 39.6 Å². The van der Waals surface area contributed by atoms with E-state index >= 15 is 0 Å². The monoisotopic (exact) mass is 1410 g/mol. The Kier molecular flexibility index (Phi) is 67.4. The Balaban J connectivity index is 5.23. The van der Waals surface area contributed by atoms with Gasteiger partial charge >= 0.3 is 39.5 Å². The number of esters is 4. The lowest BCUT2D eigenvalue weighted by molar-refractivity contribution is -0.161. The number of carbonyl (C=O) groups is 4. The Bertz CT molecular complexity index is 1860. The standard InChI is InChI=1S/C77H150O17P2/c1-7-10-12-14-16-18-20-22-23-24-25-26-27-28-34-38-42-50-56-62-77(82)93-72(65-87-74(79)59-53-47-40-36-33-30-29-31-35-39-45-51-57-69(4)5)67-91-95(83,84)89-63-71(78)64-90-96(85,86)92-68-73(66-88-75(80)60-54-48-44-43-46-52-58-70(6)9-3)94-76(81)61-55-49-41-37-32-21-19-17-15-13-11-8-2/h69-73,78H,7-68H2,1-6H3,(H,83,84)(H,85,86)/t70?,71-,72-,73-/m1/s1. The van der Waals surface area contributed by atoms with E-state index in [2.05, 4.69) is 41.5 Å². The molecule has 0 amide bonds. The Morgan fingerprint density at radius 1 is 0.302 bits per heavy atom. The van der Waals surface area contributed by atoms with Crippen LogP contribution in [0.3, 0.4) is 0 Å². The quantitative estimate of drug-likeness (QED) is 0.0222. The molecule has 0 rings (SSSR count). The maximum absolute atomic E-state index is 13.1. The van der Waals surface area contributed by atoms with Gasteiger partial charge in [0.05, 0.1) is 26.4 Å². The van der Waals surface area contributed by atoms with Gasteiger partial charge in [0.25, 0.3) is 0 Å². The molecule has 0 aromatic heterocycles. The number of unbranched alkanes of at least 4 members (excludes halogenated alkanes) is 45. The normalized spacial score (nSPS) is 14.3. The summed E-state index contributed by atoms with van der Waals surface area (Å²) in [6, 6.07) is 0. The maximum atomic E-state index is 13.1. The summed E-state index contributed by atoms with van der Waals surface area (Å²) in [6.45, 7) is 9.58. The fourth-order valence-corrected chi connectivity index (χ4v) is 13.4. The Morgan fingerprint density at radius 2 is 0.531 bits per heavy atom. The average Bonchev–Trinajstić information content (AvgIpc) is 1.37. The van der Waals surface area contributed by atoms with Crippen LogP contribution in [0.4, 0.5) is 0 Å². The topological polar surface area (TPSA) is 237 Å². The van der Waals surface area contributed by atoms with E-state index in [0.717, 1.165) is 108 Å². The summed E-state index contributed by atoms with van der Waals surface area (Å²) in [5, 5.41) is 10.6. The predicted molar refractivity (Wildman–Crippen MR) is 391 cm³/mol. The summed E-state index contributed by atoms with van der Waals surface area (Å²) in [6.07, 6.45) is 56.9. The molecule has 3 unspecified atom stereocenters. The minimum absolute atomic E-state index is 0.107. The fraction of sp³-hybridized carbons (Fsp3) is 0.948. The molecule has 0 aliphatic rings. The molecule has 0 radical (unpaired) electrons. The van der Waals surface area contributed by atoms with Crippen molar-refractivity contribution in [1.82, 2.24) is 0 Å². The Morgan fingerprint density at radius 3 is 0.792 bits per heavy atom. The highest BCUT2D eigenvalue weighted by Crippen LogP contribution is 2.45. The van der Waals surface area contributed by atoms with E-state index in [0.29, 0.717) is 25.7 Å². The highest BCUT2D eigenvalue weighted by molar-refractivity contribution is 7.47. The highest BCUT2D eigenvalue weighted by Gasteiger charge is 2.30. The van der Waals surface area contributed by atoms with Crippen molar-refractivity contribution in [3.63, 3.8) is 0 Å². The second kappa shape index (κ2) is 68.8. The zero-order valence-electron chi connectivity index (χ0n) is 62.7. The van der Waals surface area contributed by atoms with Crippen LogP contribution in [0.1, 0.15) is 401 Å². The molecular formula is C77H150O17P2. The molecule has 19 heteroatoms. The molecule has 96 heavy (non-hydrogen) atoms. The lowest BCUT2D eigenvalue weighted by Crippen LogP contribution is -2.30. The van der Waals surface area contributed by atoms with Crippen LogP contribution in [0, 0.1) is 11.8 Å². The molecule has 3 N–H and O–H groups in total. The zero-order chi connectivity index (χ0) is 70.7. The van der Waals surface area contributed by atoms with Gasteiger partial charge in [-0.3, -0.25) is 37.3 Å². The average molecular weight is 1410 g/mol. The third kappa shape index (κ3) is 69.2. The van der Waals surface area contributed by atoms with Crippen LogP contribution in [-0.2, 0) is 65.4 Å². The first kappa shape index (κ1) is 94.1. The number of carbonyl (C=O) groups excluding carboxylic acids is 4. The van der Waals surface area contributed by atoms with Crippen molar-refractivity contribution >= 4 is 39.5 Å². The molecule has 0 aromatic rings. The first-order chi connectivity index (χ1) is 46.4. The zero-order valence-corrected chi connectivity index (χ0v) is 64.5. The fourth-order valence-electron chi connectivity index (χ4n) is 11.8. The molecule has 0 aliphatic carbocycles. The Labute approximate surface area is 588 Å². The predicted octanol–water partition coefficient (Wildman–Crippen LogP) is 22.7. The van der Waals surface area contributed by atoms with Crippen molar-refractivity contribution in [3.8, 4) is 0 Å². The number of hydrogen-bond acceptors (Lipinski definition) is 15. The second-order valence-corrected chi connectivity index (χ2v) is 31.4. The van der Waals surface area contributed by atoms with Crippen LogP contribution in [0.2, 0.25) is 0 Å². The second-order valence-electron chi connectivity index (χ2n) is 28.5. The van der Waals surface area contributed by atoms with Crippen molar-refractivity contribution in [1.29, 1.82) is 0 Å². The molecule has 570 valence electrons. The van der Waals surface area contributed by atoms with Crippen LogP contribution in [0.15, 0.2) is 0 Å². The summed E-state index contributed by atoms with van der Waals surface area (Å²) in [5.41, 5.74) is 0. The van der Waals surface area contributed by atoms with Crippen molar-refractivity contribution in [2.45, 2.75) is 419 Å². The van der Waals surface area contributed by atoms with Gasteiger partial charge in [0.15, 0.2) is 12.2 Å². The summed E-state index contributed by atoms with van der Waals surface area (Å²) < 4.78 is 68.6. The molecule has 0 saturated carbocycles. The number of aliphatic hydroxyl groups is 1. The highest BCUT2D eigenvalue weighted by atomic mass is 31.2. The number of aliphatic hydroxyl groups excluding tert-OH is 1. The van der Waals surface area contributed by atoms with Gasteiger partial charge in [-0.1, -0.05) is 350 Å². The van der Waals surface area contributed by atoms with Crippen molar-refractivity contribution in [3.05, 3.63) is 0 Å². The molecule has 0 bridgehead atoms. The largest absolute Gasteiger partial charge is 0.472 e. The van der Waals surface area contributed by atoms with Gasteiger partial charge in [-0.2, -0.15) is 0 Å². The van der Waals surface area contributed by atoms with E-state index in [4.69, 9.17) is 37.0 Å². The van der Waals surface area contributed by atoms with E-state index in [1.54, 1.807) is 0 Å². The molecular weight excluding hydrogens is 1260 g/mol. The first-order valence-corrected chi connectivity index (χ1v) is 43.0. The van der Waals surface area contributed by atoms with Crippen molar-refractivity contribution in [2.24, 2.45) is 11.8 Å². The molecule has 0 aromatic carbocycles. The lowest BCUT2D eigenvalue weighted by atomic mass is 10.00. The van der Waals surface area contributed by atoms with Gasteiger partial charge < -0.3 is 33.8 Å². The van der Waals surface area contributed by atoms with E-state index < -0.39 is 97.5 Å². The van der Waals surface area contributed by atoms with E-state index in [1.807, 2.05) is 0 Å². The number of phosphoric acid groups is 2. The molecule has 0 spiro atoms. The summed E-state index contributed by atoms with van der Waals surface area (Å²) in [7, 11) is -9.91. The minimum Gasteiger partial charge on any atom is -0.462 e. The number of rotatable bonds is 76. The SMILES string of the molecule is CCCCCCCCCCCCCCCCCCCCCC(=O)O[C@H](COC(=O)CCCCCCCCCCCCCCC(C)C)COP(=O)(O)OC[C@@H](O)COP(=O)(O)OC[C@@H](COC(=O)CCCCCCCCC(C)CC)OC(=O)CCCCCCCCCCCCCC. The van der Waals surface area contributed by atoms with Gasteiger partial charge in [0, 0.05) is 25.7 Å². The van der Waals surface area contributed by atoms with Crippen LogP contribution in [-0.4, -0.2) is 96.7 Å². The Hall–Kier alpha value is -1.94. The summed E-state index contributed by atoms with van der Waals surface area (Å²) >= 11 is 0. The third-order valence-electron chi connectivity index (χ3n) is 18.3. The molecule has 0 heterocycles. The van der Waals surface area contributed by atoms with Crippen LogP contribution in [0.25, 0.3) is 0 Å². The van der Waals surface area contributed by atoms with Gasteiger partial charge in [0.1, 0.15) is 19.3 Å². The summed E-state index contributed by atoms with van der Waals surface area (Å²) in [4.78, 5) is 72.8. The number of hydrogen-bond donors (Lipinski definition) is 3. The minimum atomic E-state index is -4.96. The number of phosphoric ester groups is 2. The van der Waals surface area contributed by atoms with E-state index in [1.165, 1.54) is 212 Å². The third-order valence-corrected chi connectivity index (χ3v) is 20.2. The number of ether oxygens (including phenoxy) is 4. The smallest absolute Gasteiger partial charge is 0.462 e. The molecule has 6 atom stereocenters. The lowest BCUT2D eigenvalue weighted by Gasteiger charge is -2.21. The first-order valence-electron chi connectivity index (χ1n) is 40.0. The van der Waals surface area contributed by atoms with Crippen molar-refractivity contribution < 1.29 is 80.2 Å². The molecule has 0 fully saturated rings. The van der Waals surface area contributed by atoms with Gasteiger partial charge in [0.2, 0.25) is 0 Å². The summed E-state index contributed by atoms with van der Waals surface area (Å²) in [5.74, 6) is -0.601. The van der Waals surface area contributed by atoms with E-state index in [-0.39, 0.29) is 25.7 Å². The molecule has 17 nitrogen and oxygen atoms in total.